The molecule has 2 aromatic rings. The maximum absolute atomic E-state index is 12.8. The molecule has 0 atom stereocenters. The van der Waals surface area contributed by atoms with Gasteiger partial charge in [0.15, 0.2) is 0 Å². The number of carbonyl (C=O) groups excluding carboxylic acids is 1. The fourth-order valence-electron chi connectivity index (χ4n) is 2.81. The Morgan fingerprint density at radius 2 is 2.00 bits per heavy atom. The molecule has 0 radical (unpaired) electrons. The third-order valence-electron chi connectivity index (χ3n) is 4.10. The van der Waals surface area contributed by atoms with E-state index in [2.05, 4.69) is 11.0 Å². The van der Waals surface area contributed by atoms with Gasteiger partial charge in [-0.05, 0) is 12.1 Å². The molecule has 1 amide bonds. The Kier molecular flexibility index (Phi) is 5.73. The molecule has 3 rings (SSSR count). The number of hydrogen-bond acceptors (Lipinski definition) is 5. The highest BCUT2D eigenvalue weighted by atomic mass is 35.5. The zero-order valence-corrected chi connectivity index (χ0v) is 16.7. The summed E-state index contributed by atoms with van der Waals surface area (Å²) in [5, 5.41) is 11.6. The molecular weight excluding hydrogens is 393 g/mol. The number of benzene rings is 1. The van der Waals surface area contributed by atoms with Crippen LogP contribution in [0.3, 0.4) is 0 Å². The topological polar surface area (TPSA) is 56.6 Å². The summed E-state index contributed by atoms with van der Waals surface area (Å²) >= 11 is 13.7. The van der Waals surface area contributed by atoms with Gasteiger partial charge in [-0.25, -0.2) is 0 Å². The summed E-state index contributed by atoms with van der Waals surface area (Å²) in [6.07, 6.45) is 0. The van der Waals surface area contributed by atoms with Crippen LogP contribution in [-0.4, -0.2) is 51.2 Å². The lowest BCUT2D eigenvalue weighted by molar-refractivity contribution is 0.0833. The molecule has 136 valence electrons. The first-order valence-electron chi connectivity index (χ1n) is 8.00. The van der Waals surface area contributed by atoms with E-state index in [1.165, 1.54) is 16.2 Å². The summed E-state index contributed by atoms with van der Waals surface area (Å²) in [6, 6.07) is 7.36. The highest BCUT2D eigenvalue weighted by Crippen LogP contribution is 2.45. The van der Waals surface area contributed by atoms with Crippen molar-refractivity contribution in [1.29, 1.82) is 5.26 Å². The van der Waals surface area contributed by atoms with Gasteiger partial charge in [-0.3, -0.25) is 4.79 Å². The first kappa shape index (κ1) is 19.0. The number of halogens is 2. The third kappa shape index (κ3) is 3.53. The van der Waals surface area contributed by atoms with Gasteiger partial charge in [-0.15, -0.1) is 11.3 Å². The molecule has 2 heterocycles. The summed E-state index contributed by atoms with van der Waals surface area (Å²) < 4.78 is 5.40. The van der Waals surface area contributed by atoms with E-state index < -0.39 is 0 Å². The van der Waals surface area contributed by atoms with Gasteiger partial charge < -0.3 is 14.5 Å². The predicted molar refractivity (Wildman–Crippen MR) is 106 cm³/mol. The second-order valence-electron chi connectivity index (χ2n) is 6.02. The summed E-state index contributed by atoms with van der Waals surface area (Å²) in [5.74, 6) is -0.160. The van der Waals surface area contributed by atoms with Crippen molar-refractivity contribution < 1.29 is 9.53 Å². The van der Waals surface area contributed by atoms with Gasteiger partial charge in [0, 0.05) is 48.4 Å². The lowest BCUT2D eigenvalue weighted by Crippen LogP contribution is -2.36. The number of hydrogen-bond donors (Lipinski definition) is 0. The second-order valence-corrected chi connectivity index (χ2v) is 7.86. The van der Waals surface area contributed by atoms with Crippen molar-refractivity contribution >= 4 is 45.4 Å². The molecule has 5 nitrogen and oxygen atoms in total. The van der Waals surface area contributed by atoms with Crippen LogP contribution in [-0.2, 0) is 4.74 Å². The van der Waals surface area contributed by atoms with Crippen molar-refractivity contribution in [2.75, 3.05) is 45.3 Å². The Bertz CT molecular complexity index is 883. The van der Waals surface area contributed by atoms with E-state index in [1.54, 1.807) is 32.3 Å². The van der Waals surface area contributed by atoms with Crippen molar-refractivity contribution in [2.24, 2.45) is 0 Å². The summed E-state index contributed by atoms with van der Waals surface area (Å²) in [5.41, 5.74) is 1.67. The number of ether oxygens (including phenoxy) is 1. The predicted octanol–water partition coefficient (Wildman–Crippen LogP) is 4.13. The molecule has 1 aromatic heterocycles. The molecule has 0 saturated carbocycles. The first-order chi connectivity index (χ1) is 12.4. The van der Waals surface area contributed by atoms with Crippen molar-refractivity contribution in [1.82, 2.24) is 4.90 Å². The van der Waals surface area contributed by atoms with Crippen LogP contribution in [0, 0.1) is 11.3 Å². The number of thiophene rings is 1. The lowest BCUT2D eigenvalue weighted by Gasteiger charge is -2.27. The van der Waals surface area contributed by atoms with Crippen LogP contribution in [0.4, 0.5) is 5.00 Å². The van der Waals surface area contributed by atoms with Crippen LogP contribution in [0.2, 0.25) is 10.0 Å². The van der Waals surface area contributed by atoms with Crippen molar-refractivity contribution in [2.45, 2.75) is 0 Å². The SMILES string of the molecule is CN(C)C(=O)c1sc(N2CCOCC2)c(C#N)c1-c1ccc(Cl)cc1Cl. The van der Waals surface area contributed by atoms with E-state index in [-0.39, 0.29) is 5.91 Å². The van der Waals surface area contributed by atoms with Crippen LogP contribution in [0.5, 0.6) is 0 Å². The second kappa shape index (κ2) is 7.85. The quantitative estimate of drug-likeness (QED) is 0.764. The monoisotopic (exact) mass is 409 g/mol. The number of anilines is 1. The smallest absolute Gasteiger partial charge is 0.264 e. The zero-order valence-electron chi connectivity index (χ0n) is 14.4. The van der Waals surface area contributed by atoms with Crippen LogP contribution >= 0.6 is 34.5 Å². The molecule has 1 aromatic carbocycles. The Morgan fingerprint density at radius 3 is 2.58 bits per heavy atom. The van der Waals surface area contributed by atoms with Gasteiger partial charge in [0.2, 0.25) is 0 Å². The number of nitriles is 1. The Balaban J connectivity index is 2.24. The molecule has 8 heteroatoms. The van der Waals surface area contributed by atoms with Gasteiger partial charge in [0.1, 0.15) is 15.9 Å². The van der Waals surface area contributed by atoms with E-state index >= 15 is 0 Å². The highest BCUT2D eigenvalue weighted by Gasteiger charge is 2.29. The van der Waals surface area contributed by atoms with Gasteiger partial charge in [-0.1, -0.05) is 29.3 Å². The molecule has 0 bridgehead atoms. The number of nitrogens with zero attached hydrogens (tertiary/aromatic N) is 3. The van der Waals surface area contributed by atoms with Gasteiger partial charge >= 0.3 is 0 Å². The molecule has 1 fully saturated rings. The standard InChI is InChI=1S/C18H17Cl2N3O2S/c1-22(2)17(24)16-15(12-4-3-11(19)9-14(12)20)13(10-21)18(26-16)23-5-7-25-8-6-23/h3-4,9H,5-8H2,1-2H3. The van der Waals surface area contributed by atoms with Crippen molar-refractivity contribution in [3.8, 4) is 17.2 Å². The minimum absolute atomic E-state index is 0.160. The van der Waals surface area contributed by atoms with Crippen LogP contribution in [0.15, 0.2) is 18.2 Å². The molecule has 0 N–H and O–H groups in total. The Morgan fingerprint density at radius 1 is 1.31 bits per heavy atom. The minimum Gasteiger partial charge on any atom is -0.378 e. The van der Waals surface area contributed by atoms with Crippen molar-refractivity contribution in [3.63, 3.8) is 0 Å². The average molecular weight is 410 g/mol. The van der Waals surface area contributed by atoms with E-state index in [0.717, 1.165) is 5.00 Å². The average Bonchev–Trinajstić information content (AvgIpc) is 3.01. The summed E-state index contributed by atoms with van der Waals surface area (Å²) in [4.78, 5) is 16.9. The molecule has 0 aliphatic carbocycles. The highest BCUT2D eigenvalue weighted by molar-refractivity contribution is 7.19. The fourth-order valence-corrected chi connectivity index (χ4v) is 4.66. The lowest BCUT2D eigenvalue weighted by atomic mass is 10.0. The van der Waals surface area contributed by atoms with E-state index in [0.29, 0.717) is 57.9 Å². The van der Waals surface area contributed by atoms with E-state index in [1.807, 2.05) is 0 Å². The summed E-state index contributed by atoms with van der Waals surface area (Å²) in [7, 11) is 3.38. The number of carbonyl (C=O) groups is 1. The number of rotatable bonds is 3. The Labute approximate surface area is 166 Å². The molecule has 0 unspecified atom stereocenters. The third-order valence-corrected chi connectivity index (χ3v) is 5.89. The number of morpholine rings is 1. The molecule has 1 aliphatic rings. The maximum atomic E-state index is 12.8. The molecular formula is C18H17Cl2N3O2S. The van der Waals surface area contributed by atoms with Crippen LogP contribution < -0.4 is 4.90 Å². The van der Waals surface area contributed by atoms with Crippen LogP contribution in [0.25, 0.3) is 11.1 Å². The van der Waals surface area contributed by atoms with Crippen molar-refractivity contribution in [3.05, 3.63) is 38.7 Å². The van der Waals surface area contributed by atoms with Gasteiger partial charge in [0.05, 0.1) is 18.8 Å². The van der Waals surface area contributed by atoms with Crippen LogP contribution in [0.1, 0.15) is 15.2 Å². The fraction of sp³-hybridized carbons (Fsp3) is 0.333. The van der Waals surface area contributed by atoms with E-state index in [9.17, 15) is 10.1 Å². The van der Waals surface area contributed by atoms with E-state index in [4.69, 9.17) is 27.9 Å². The molecule has 1 saturated heterocycles. The molecule has 0 spiro atoms. The minimum atomic E-state index is -0.160. The Hall–Kier alpha value is -1.78. The number of amides is 1. The largest absolute Gasteiger partial charge is 0.378 e. The maximum Gasteiger partial charge on any atom is 0.264 e. The zero-order chi connectivity index (χ0) is 18.8. The van der Waals surface area contributed by atoms with Gasteiger partial charge in [-0.2, -0.15) is 5.26 Å². The molecule has 26 heavy (non-hydrogen) atoms. The first-order valence-corrected chi connectivity index (χ1v) is 9.58. The summed E-state index contributed by atoms with van der Waals surface area (Å²) in [6.45, 7) is 2.55. The normalized spacial score (nSPS) is 14.2. The van der Waals surface area contributed by atoms with Gasteiger partial charge in [0.25, 0.3) is 5.91 Å². The molecule has 1 aliphatic heterocycles.